The molecule has 1 aliphatic rings. The van der Waals surface area contributed by atoms with Crippen LogP contribution in [-0.2, 0) is 6.54 Å². The van der Waals surface area contributed by atoms with Crippen LogP contribution in [0.25, 0.3) is 10.9 Å². The Morgan fingerprint density at radius 3 is 2.59 bits per heavy atom. The number of carbonyl (C=O) groups excluding carboxylic acids is 1. The van der Waals surface area contributed by atoms with Crippen molar-refractivity contribution in [2.75, 3.05) is 13.1 Å². The van der Waals surface area contributed by atoms with Crippen LogP contribution in [0.1, 0.15) is 40.4 Å². The molecule has 0 atom stereocenters. The molecule has 3 aromatic rings. The van der Waals surface area contributed by atoms with E-state index in [9.17, 15) is 14.2 Å². The molecule has 0 spiro atoms. The van der Waals surface area contributed by atoms with Crippen molar-refractivity contribution in [2.45, 2.75) is 32.1 Å². The zero-order valence-electron chi connectivity index (χ0n) is 16.5. The normalized spacial score (nSPS) is 15.7. The smallest absolute Gasteiger partial charge is 0.376 e. The Labute approximate surface area is 170 Å². The van der Waals surface area contributed by atoms with Crippen LogP contribution >= 0.6 is 0 Å². The summed E-state index contributed by atoms with van der Waals surface area (Å²) < 4.78 is 15.5. The SMILES string of the molecule is CB(O)N1CCC(c2cccc3c2cc(C(N)=O)n3Cc2cccc(F)c2)CC1. The molecule has 2 aromatic carbocycles. The van der Waals surface area contributed by atoms with Gasteiger partial charge in [-0.3, -0.25) is 4.79 Å². The highest BCUT2D eigenvalue weighted by Gasteiger charge is 2.27. The second-order valence-corrected chi connectivity index (χ2v) is 7.83. The molecule has 0 bridgehead atoms. The summed E-state index contributed by atoms with van der Waals surface area (Å²) in [6.45, 7) is 3.85. The number of aromatic nitrogens is 1. The second kappa shape index (κ2) is 8.01. The van der Waals surface area contributed by atoms with Crippen molar-refractivity contribution in [3.05, 3.63) is 71.2 Å². The maximum absolute atomic E-state index is 13.6. The lowest BCUT2D eigenvalue weighted by molar-refractivity contribution is 0.0992. The standard InChI is InChI=1S/C22H25BFN3O2/c1-23(29)26-10-8-16(9-11-26)18-6-3-7-20-19(18)13-21(22(25)28)27(20)14-15-4-2-5-17(24)12-15/h2-7,12-13,16,29H,8-11,14H2,1H3,(H2,25,28). The largest absolute Gasteiger partial charge is 0.437 e. The van der Waals surface area contributed by atoms with E-state index in [1.165, 1.54) is 17.7 Å². The molecule has 4 rings (SSSR count). The first-order chi connectivity index (χ1) is 13.9. The monoisotopic (exact) mass is 393 g/mol. The number of piperidine rings is 1. The third-order valence-electron chi connectivity index (χ3n) is 5.96. The molecule has 1 aromatic heterocycles. The van der Waals surface area contributed by atoms with Crippen LogP contribution in [0, 0.1) is 5.82 Å². The zero-order chi connectivity index (χ0) is 20.5. The van der Waals surface area contributed by atoms with E-state index >= 15 is 0 Å². The number of amides is 1. The summed E-state index contributed by atoms with van der Waals surface area (Å²) in [6.07, 6.45) is 1.90. The summed E-state index contributed by atoms with van der Waals surface area (Å²) in [6, 6.07) is 14.4. The minimum Gasteiger partial charge on any atom is -0.437 e. The predicted octanol–water partition coefficient (Wildman–Crippen LogP) is 3.22. The van der Waals surface area contributed by atoms with Gasteiger partial charge in [0, 0.05) is 17.4 Å². The fourth-order valence-corrected chi connectivity index (χ4v) is 4.44. The molecule has 7 heteroatoms. The van der Waals surface area contributed by atoms with Gasteiger partial charge < -0.3 is 20.1 Å². The van der Waals surface area contributed by atoms with Gasteiger partial charge in [0.2, 0.25) is 0 Å². The van der Waals surface area contributed by atoms with Crippen molar-refractivity contribution in [1.82, 2.24) is 9.38 Å². The lowest BCUT2D eigenvalue weighted by Crippen LogP contribution is -2.42. The number of benzene rings is 2. The van der Waals surface area contributed by atoms with Gasteiger partial charge in [0.25, 0.3) is 5.91 Å². The number of fused-ring (bicyclic) bond motifs is 1. The topological polar surface area (TPSA) is 71.5 Å². The van der Waals surface area contributed by atoms with Crippen LogP contribution in [0.4, 0.5) is 4.39 Å². The number of hydrogen-bond acceptors (Lipinski definition) is 3. The Hall–Kier alpha value is -2.64. The zero-order valence-corrected chi connectivity index (χ0v) is 16.5. The summed E-state index contributed by atoms with van der Waals surface area (Å²) in [5.41, 5.74) is 9.01. The van der Waals surface area contributed by atoms with Crippen molar-refractivity contribution < 1.29 is 14.2 Å². The van der Waals surface area contributed by atoms with Crippen LogP contribution in [0.15, 0.2) is 48.5 Å². The first-order valence-electron chi connectivity index (χ1n) is 10.0. The third-order valence-corrected chi connectivity index (χ3v) is 5.96. The van der Waals surface area contributed by atoms with Crippen LogP contribution < -0.4 is 5.73 Å². The summed E-state index contributed by atoms with van der Waals surface area (Å²) in [4.78, 5) is 14.2. The molecule has 1 saturated heterocycles. The molecule has 0 aliphatic carbocycles. The number of rotatable bonds is 5. The Morgan fingerprint density at radius 2 is 1.93 bits per heavy atom. The van der Waals surface area contributed by atoms with Gasteiger partial charge >= 0.3 is 7.05 Å². The average Bonchev–Trinajstić information content (AvgIpc) is 3.07. The first kappa shape index (κ1) is 19.7. The molecule has 29 heavy (non-hydrogen) atoms. The molecule has 2 heterocycles. The highest BCUT2D eigenvalue weighted by Crippen LogP contribution is 2.35. The maximum Gasteiger partial charge on any atom is 0.376 e. The lowest BCUT2D eigenvalue weighted by Gasteiger charge is -2.33. The summed E-state index contributed by atoms with van der Waals surface area (Å²) in [7, 11) is -0.430. The van der Waals surface area contributed by atoms with Crippen LogP contribution in [0.3, 0.4) is 0 Å². The summed E-state index contributed by atoms with van der Waals surface area (Å²) in [5, 5.41) is 10.8. The van der Waals surface area contributed by atoms with E-state index in [1.54, 1.807) is 12.9 Å². The van der Waals surface area contributed by atoms with Gasteiger partial charge in [-0.2, -0.15) is 0 Å². The van der Waals surface area contributed by atoms with Crippen molar-refractivity contribution in [3.63, 3.8) is 0 Å². The number of nitrogens with two attached hydrogens (primary N) is 1. The molecule has 1 amide bonds. The molecule has 0 unspecified atom stereocenters. The van der Waals surface area contributed by atoms with Crippen LogP contribution in [0.5, 0.6) is 0 Å². The van der Waals surface area contributed by atoms with Gasteiger partial charge in [0.1, 0.15) is 11.5 Å². The quantitative estimate of drug-likeness (QED) is 0.654. The van der Waals surface area contributed by atoms with E-state index in [2.05, 4.69) is 10.9 Å². The van der Waals surface area contributed by atoms with Gasteiger partial charge in [-0.15, -0.1) is 0 Å². The number of halogens is 1. The summed E-state index contributed by atoms with van der Waals surface area (Å²) >= 11 is 0. The van der Waals surface area contributed by atoms with E-state index in [4.69, 9.17) is 5.73 Å². The first-order valence-corrected chi connectivity index (χ1v) is 10.0. The van der Waals surface area contributed by atoms with Crippen molar-refractivity contribution in [1.29, 1.82) is 0 Å². The Bertz CT molecular complexity index is 1040. The maximum atomic E-state index is 13.6. The number of hydrogen-bond donors (Lipinski definition) is 2. The Morgan fingerprint density at radius 1 is 1.21 bits per heavy atom. The third kappa shape index (κ3) is 3.93. The fraction of sp³-hybridized carbons (Fsp3) is 0.318. The molecule has 0 radical (unpaired) electrons. The van der Waals surface area contributed by atoms with E-state index in [-0.39, 0.29) is 5.82 Å². The molecule has 150 valence electrons. The Balaban J connectivity index is 1.73. The van der Waals surface area contributed by atoms with Crippen molar-refractivity contribution in [2.24, 2.45) is 5.73 Å². The minimum absolute atomic E-state index is 0.301. The van der Waals surface area contributed by atoms with E-state index in [0.29, 0.717) is 18.2 Å². The molecular weight excluding hydrogens is 368 g/mol. The highest BCUT2D eigenvalue weighted by atomic mass is 19.1. The molecule has 1 fully saturated rings. The highest BCUT2D eigenvalue weighted by molar-refractivity contribution is 6.45. The molecule has 5 nitrogen and oxygen atoms in total. The number of nitrogens with zero attached hydrogens (tertiary/aromatic N) is 2. The molecule has 1 aliphatic heterocycles. The van der Waals surface area contributed by atoms with E-state index < -0.39 is 13.0 Å². The van der Waals surface area contributed by atoms with Crippen LogP contribution in [0.2, 0.25) is 6.82 Å². The number of carbonyl (C=O) groups is 1. The predicted molar refractivity (Wildman–Crippen MR) is 113 cm³/mol. The molecular formula is C22H25BFN3O2. The van der Waals surface area contributed by atoms with Gasteiger partial charge in [-0.1, -0.05) is 24.3 Å². The van der Waals surface area contributed by atoms with Crippen LogP contribution in [-0.4, -0.2) is 40.4 Å². The van der Waals surface area contributed by atoms with Gasteiger partial charge in [0.05, 0.1) is 0 Å². The van der Waals surface area contributed by atoms with E-state index in [1.807, 2.05) is 28.8 Å². The van der Waals surface area contributed by atoms with Crippen molar-refractivity contribution in [3.8, 4) is 0 Å². The second-order valence-electron chi connectivity index (χ2n) is 7.83. The van der Waals surface area contributed by atoms with Gasteiger partial charge in [-0.05, 0) is 74.1 Å². The van der Waals surface area contributed by atoms with Gasteiger partial charge in [0.15, 0.2) is 0 Å². The number of primary amides is 1. The van der Waals surface area contributed by atoms with Crippen molar-refractivity contribution >= 4 is 23.9 Å². The molecule has 3 N–H and O–H groups in total. The van der Waals surface area contributed by atoms with Gasteiger partial charge in [-0.25, -0.2) is 4.39 Å². The lowest BCUT2D eigenvalue weighted by atomic mass is 9.79. The fourth-order valence-electron chi connectivity index (χ4n) is 4.44. The van der Waals surface area contributed by atoms with E-state index in [0.717, 1.165) is 42.4 Å². The summed E-state index contributed by atoms with van der Waals surface area (Å²) in [5.74, 6) is -0.433. The Kier molecular flexibility index (Phi) is 5.43. The molecule has 0 saturated carbocycles. The minimum atomic E-state index is -0.493. The average molecular weight is 393 g/mol.